The molecular formula is C20H26N6O3S2. The molecule has 0 aliphatic carbocycles. The lowest BCUT2D eigenvalue weighted by Gasteiger charge is -2.09. The molecule has 0 aliphatic heterocycles. The highest BCUT2D eigenvalue weighted by molar-refractivity contribution is 7.98. The van der Waals surface area contributed by atoms with Gasteiger partial charge < -0.3 is 10.6 Å². The van der Waals surface area contributed by atoms with Gasteiger partial charge in [0.2, 0.25) is 5.91 Å². The number of sulfone groups is 1. The number of carbonyl (C=O) groups is 1. The molecule has 11 heteroatoms. The summed E-state index contributed by atoms with van der Waals surface area (Å²) in [5.41, 5.74) is 0.693. The van der Waals surface area contributed by atoms with Crippen LogP contribution in [0, 0.1) is 0 Å². The van der Waals surface area contributed by atoms with E-state index in [1.165, 1.54) is 23.9 Å². The van der Waals surface area contributed by atoms with Crippen molar-refractivity contribution in [3.8, 4) is 0 Å². The first-order valence-corrected chi connectivity index (χ1v) is 12.9. The summed E-state index contributed by atoms with van der Waals surface area (Å²) in [7, 11) is -3.48. The molecule has 9 nitrogen and oxygen atoms in total. The quantitative estimate of drug-likeness (QED) is 0.329. The summed E-state index contributed by atoms with van der Waals surface area (Å²) in [6.45, 7) is 3.61. The van der Waals surface area contributed by atoms with E-state index in [9.17, 15) is 13.2 Å². The first-order chi connectivity index (χ1) is 14.9. The van der Waals surface area contributed by atoms with Crippen LogP contribution < -0.4 is 10.6 Å². The van der Waals surface area contributed by atoms with E-state index in [0.717, 1.165) is 24.2 Å². The number of amides is 1. The Balaban J connectivity index is 1.58. The van der Waals surface area contributed by atoms with Crippen molar-refractivity contribution in [2.75, 3.05) is 30.4 Å². The van der Waals surface area contributed by atoms with Crippen LogP contribution >= 0.6 is 11.8 Å². The summed E-state index contributed by atoms with van der Waals surface area (Å²) in [5.74, 6) is 0.197. The maximum absolute atomic E-state index is 12.3. The molecule has 0 radical (unpaired) electrons. The maximum Gasteiger partial charge on any atom is 0.221 e. The molecule has 3 rings (SSSR count). The van der Waals surface area contributed by atoms with Crippen LogP contribution in [0.4, 0.5) is 5.82 Å². The van der Waals surface area contributed by atoms with E-state index in [1.807, 2.05) is 6.26 Å². The predicted molar refractivity (Wildman–Crippen MR) is 122 cm³/mol. The van der Waals surface area contributed by atoms with Crippen LogP contribution in [0.2, 0.25) is 0 Å². The normalized spacial score (nSPS) is 11.5. The third-order valence-electron chi connectivity index (χ3n) is 4.55. The van der Waals surface area contributed by atoms with Crippen molar-refractivity contribution in [1.29, 1.82) is 0 Å². The summed E-state index contributed by atoms with van der Waals surface area (Å²) in [6, 6.07) is 8.14. The number of hydrogen-bond donors (Lipinski definition) is 2. The van der Waals surface area contributed by atoms with Crippen molar-refractivity contribution in [2.45, 2.75) is 36.4 Å². The third-order valence-corrected chi connectivity index (χ3v) is 6.83. The van der Waals surface area contributed by atoms with Crippen molar-refractivity contribution < 1.29 is 13.2 Å². The van der Waals surface area contributed by atoms with Gasteiger partial charge in [0.1, 0.15) is 5.82 Å². The molecule has 2 heterocycles. The second-order valence-corrected chi connectivity index (χ2v) is 9.71. The minimum atomic E-state index is -3.48. The van der Waals surface area contributed by atoms with Gasteiger partial charge in [0.15, 0.2) is 20.6 Å². The number of nitrogens with zero attached hydrogens (tertiary/aromatic N) is 4. The van der Waals surface area contributed by atoms with Crippen LogP contribution in [-0.2, 0) is 21.2 Å². The highest BCUT2D eigenvalue weighted by atomic mass is 32.2. The van der Waals surface area contributed by atoms with Crippen molar-refractivity contribution >= 4 is 44.4 Å². The van der Waals surface area contributed by atoms with Crippen molar-refractivity contribution in [2.24, 2.45) is 0 Å². The molecule has 1 amide bonds. The predicted octanol–water partition coefficient (Wildman–Crippen LogP) is 2.35. The standard InChI is InChI=1S/C20H26N6O3S2/c1-3-10-22-18-16-14-23-26(19(16)25-20(24-18)30-2)12-11-21-17(27)9-13-31(28,29)15-7-5-4-6-8-15/h4-8,14H,3,9-13H2,1-2H3,(H,21,27)(H,22,24,25). The smallest absolute Gasteiger partial charge is 0.221 e. The zero-order valence-electron chi connectivity index (χ0n) is 17.5. The number of thioether (sulfide) groups is 1. The molecule has 0 unspecified atom stereocenters. The molecular weight excluding hydrogens is 436 g/mol. The molecule has 1 aromatic carbocycles. The van der Waals surface area contributed by atoms with Gasteiger partial charge in [-0.15, -0.1) is 0 Å². The van der Waals surface area contributed by atoms with Gasteiger partial charge in [-0.3, -0.25) is 4.79 Å². The van der Waals surface area contributed by atoms with Crippen LogP contribution in [0.25, 0.3) is 11.0 Å². The maximum atomic E-state index is 12.3. The Morgan fingerprint density at radius 3 is 2.65 bits per heavy atom. The Labute approximate surface area is 186 Å². The van der Waals surface area contributed by atoms with E-state index in [4.69, 9.17) is 0 Å². The average molecular weight is 463 g/mol. The number of fused-ring (bicyclic) bond motifs is 1. The monoisotopic (exact) mass is 462 g/mol. The fraction of sp³-hybridized carbons (Fsp3) is 0.400. The van der Waals surface area contributed by atoms with Crippen LogP contribution in [0.15, 0.2) is 46.6 Å². The molecule has 2 aromatic heterocycles. The highest BCUT2D eigenvalue weighted by Crippen LogP contribution is 2.23. The SMILES string of the molecule is CCCNc1nc(SC)nc2c1cnn2CCNC(=O)CCS(=O)(=O)c1ccccc1. The first kappa shape index (κ1) is 23.0. The van der Waals surface area contributed by atoms with E-state index in [-0.39, 0.29) is 23.0 Å². The van der Waals surface area contributed by atoms with E-state index in [1.54, 1.807) is 29.1 Å². The highest BCUT2D eigenvalue weighted by Gasteiger charge is 2.16. The number of benzene rings is 1. The lowest BCUT2D eigenvalue weighted by Crippen LogP contribution is -2.29. The first-order valence-electron chi connectivity index (χ1n) is 10.0. The van der Waals surface area contributed by atoms with Crippen molar-refractivity contribution in [3.05, 3.63) is 36.5 Å². The second-order valence-electron chi connectivity index (χ2n) is 6.82. The summed E-state index contributed by atoms with van der Waals surface area (Å²) in [4.78, 5) is 21.4. The zero-order chi connectivity index (χ0) is 22.3. The number of anilines is 1. The number of nitrogens with one attached hydrogen (secondary N) is 2. The van der Waals surface area contributed by atoms with Gasteiger partial charge in [-0.25, -0.2) is 23.1 Å². The van der Waals surface area contributed by atoms with Crippen molar-refractivity contribution in [1.82, 2.24) is 25.1 Å². The Kier molecular flexibility index (Phi) is 7.85. The van der Waals surface area contributed by atoms with E-state index in [2.05, 4.69) is 32.6 Å². The van der Waals surface area contributed by atoms with Gasteiger partial charge >= 0.3 is 0 Å². The summed E-state index contributed by atoms with van der Waals surface area (Å²) in [6.07, 6.45) is 4.50. The van der Waals surface area contributed by atoms with Gasteiger partial charge in [0.25, 0.3) is 0 Å². The molecule has 2 N–H and O–H groups in total. The average Bonchev–Trinajstić information content (AvgIpc) is 3.19. The third kappa shape index (κ3) is 5.95. The number of carbonyl (C=O) groups excluding carboxylic acids is 1. The molecule has 0 bridgehead atoms. The molecule has 0 atom stereocenters. The molecule has 3 aromatic rings. The van der Waals surface area contributed by atoms with E-state index in [0.29, 0.717) is 23.9 Å². The second kappa shape index (κ2) is 10.6. The lowest BCUT2D eigenvalue weighted by molar-refractivity contribution is -0.120. The fourth-order valence-corrected chi connectivity index (χ4v) is 4.55. The Bertz CT molecular complexity index is 1130. The van der Waals surface area contributed by atoms with Crippen LogP contribution in [0.3, 0.4) is 0 Å². The molecule has 0 fully saturated rings. The van der Waals surface area contributed by atoms with E-state index < -0.39 is 9.84 Å². The van der Waals surface area contributed by atoms with Crippen LogP contribution in [0.5, 0.6) is 0 Å². The molecule has 0 aliphatic rings. The molecule has 0 saturated carbocycles. The largest absolute Gasteiger partial charge is 0.369 e. The van der Waals surface area contributed by atoms with Crippen molar-refractivity contribution in [3.63, 3.8) is 0 Å². The molecule has 31 heavy (non-hydrogen) atoms. The zero-order valence-corrected chi connectivity index (χ0v) is 19.2. The van der Waals surface area contributed by atoms with Gasteiger partial charge in [-0.05, 0) is 24.8 Å². The summed E-state index contributed by atoms with van der Waals surface area (Å²) in [5, 5.41) is 11.9. The summed E-state index contributed by atoms with van der Waals surface area (Å²) < 4.78 is 26.3. The van der Waals surface area contributed by atoms with Crippen LogP contribution in [0.1, 0.15) is 19.8 Å². The molecule has 0 spiro atoms. The topological polar surface area (TPSA) is 119 Å². The van der Waals surface area contributed by atoms with Gasteiger partial charge in [-0.2, -0.15) is 5.10 Å². The Morgan fingerprint density at radius 1 is 1.16 bits per heavy atom. The number of rotatable bonds is 11. The van der Waals surface area contributed by atoms with E-state index >= 15 is 0 Å². The van der Waals surface area contributed by atoms with Gasteiger partial charge in [0, 0.05) is 19.5 Å². The van der Waals surface area contributed by atoms with Gasteiger partial charge in [-0.1, -0.05) is 36.9 Å². The minimum Gasteiger partial charge on any atom is -0.369 e. The summed E-state index contributed by atoms with van der Waals surface area (Å²) >= 11 is 1.45. The lowest BCUT2D eigenvalue weighted by atomic mass is 10.3. The van der Waals surface area contributed by atoms with Gasteiger partial charge in [0.05, 0.1) is 28.8 Å². The Hall–Kier alpha value is -2.66. The minimum absolute atomic E-state index is 0.0963. The molecule has 0 saturated heterocycles. The number of aromatic nitrogens is 4. The Morgan fingerprint density at radius 2 is 1.94 bits per heavy atom. The number of hydrogen-bond acceptors (Lipinski definition) is 8. The fourth-order valence-electron chi connectivity index (χ4n) is 2.93. The molecule has 166 valence electrons. The van der Waals surface area contributed by atoms with Crippen LogP contribution in [-0.4, -0.2) is 59.2 Å².